The molecule has 0 saturated heterocycles. The van der Waals surface area contributed by atoms with Crippen molar-refractivity contribution in [1.29, 1.82) is 0 Å². The SMILES string of the molecule is CC(CC(=O)O)CC(=O)NOCC(F)(F)F. The Morgan fingerprint density at radius 3 is 2.38 bits per heavy atom. The molecule has 0 spiro atoms. The Kier molecular flexibility index (Phi) is 5.79. The zero-order chi connectivity index (χ0) is 12.8. The summed E-state index contributed by atoms with van der Waals surface area (Å²) in [5.41, 5.74) is 1.59. The van der Waals surface area contributed by atoms with Crippen LogP contribution in [0.1, 0.15) is 19.8 Å². The van der Waals surface area contributed by atoms with Crippen LogP contribution in [-0.4, -0.2) is 29.8 Å². The molecule has 0 aromatic rings. The second-order valence-electron chi connectivity index (χ2n) is 3.34. The molecular formula is C8H12F3NO4. The van der Waals surface area contributed by atoms with Gasteiger partial charge in [0.25, 0.3) is 0 Å². The van der Waals surface area contributed by atoms with Crippen molar-refractivity contribution in [2.45, 2.75) is 25.9 Å². The third-order valence-electron chi connectivity index (χ3n) is 1.48. The number of carbonyl (C=O) groups is 2. The van der Waals surface area contributed by atoms with Crippen LogP contribution in [0.3, 0.4) is 0 Å². The van der Waals surface area contributed by atoms with Crippen molar-refractivity contribution < 1.29 is 32.7 Å². The Labute approximate surface area is 89.5 Å². The first-order valence-electron chi connectivity index (χ1n) is 4.40. The van der Waals surface area contributed by atoms with Gasteiger partial charge in [-0.25, -0.2) is 5.48 Å². The lowest BCUT2D eigenvalue weighted by molar-refractivity contribution is -0.191. The number of hydrogen-bond donors (Lipinski definition) is 2. The monoisotopic (exact) mass is 243 g/mol. The summed E-state index contributed by atoms with van der Waals surface area (Å²) < 4.78 is 34.8. The van der Waals surface area contributed by atoms with Gasteiger partial charge in [-0.1, -0.05) is 6.92 Å². The largest absolute Gasteiger partial charge is 0.481 e. The topological polar surface area (TPSA) is 75.6 Å². The molecule has 8 heteroatoms. The Hall–Kier alpha value is -1.31. The number of aliphatic carboxylic acids is 1. The minimum atomic E-state index is -4.51. The number of carbonyl (C=O) groups excluding carboxylic acids is 1. The van der Waals surface area contributed by atoms with E-state index in [4.69, 9.17) is 5.11 Å². The second-order valence-corrected chi connectivity index (χ2v) is 3.34. The highest BCUT2D eigenvalue weighted by molar-refractivity contribution is 5.76. The van der Waals surface area contributed by atoms with Crippen molar-refractivity contribution in [2.75, 3.05) is 6.61 Å². The van der Waals surface area contributed by atoms with Crippen molar-refractivity contribution in [1.82, 2.24) is 5.48 Å². The average molecular weight is 243 g/mol. The molecule has 0 aliphatic heterocycles. The van der Waals surface area contributed by atoms with Crippen molar-refractivity contribution in [3.63, 3.8) is 0 Å². The van der Waals surface area contributed by atoms with Gasteiger partial charge < -0.3 is 5.11 Å². The van der Waals surface area contributed by atoms with Crippen LogP contribution in [0.4, 0.5) is 13.2 Å². The van der Waals surface area contributed by atoms with Crippen LogP contribution in [0.15, 0.2) is 0 Å². The van der Waals surface area contributed by atoms with Crippen molar-refractivity contribution in [3.05, 3.63) is 0 Å². The predicted octanol–water partition coefficient (Wildman–Crippen LogP) is 1.10. The Morgan fingerprint density at radius 1 is 1.38 bits per heavy atom. The number of rotatable bonds is 6. The summed E-state index contributed by atoms with van der Waals surface area (Å²) in [7, 11) is 0. The van der Waals surface area contributed by atoms with E-state index in [2.05, 4.69) is 4.84 Å². The molecule has 0 radical (unpaired) electrons. The predicted molar refractivity (Wildman–Crippen MR) is 46.2 cm³/mol. The van der Waals surface area contributed by atoms with Gasteiger partial charge in [-0.2, -0.15) is 13.2 Å². The summed E-state index contributed by atoms with van der Waals surface area (Å²) >= 11 is 0. The normalized spacial score (nSPS) is 13.2. The van der Waals surface area contributed by atoms with Crippen molar-refractivity contribution in [3.8, 4) is 0 Å². The fraction of sp³-hybridized carbons (Fsp3) is 0.750. The molecule has 0 fully saturated rings. The number of halogens is 3. The molecule has 1 unspecified atom stereocenters. The molecule has 5 nitrogen and oxygen atoms in total. The smallest absolute Gasteiger partial charge is 0.414 e. The van der Waals surface area contributed by atoms with Gasteiger partial charge in [0, 0.05) is 12.8 Å². The highest BCUT2D eigenvalue weighted by Crippen LogP contribution is 2.13. The highest BCUT2D eigenvalue weighted by atomic mass is 19.4. The second kappa shape index (κ2) is 6.31. The van der Waals surface area contributed by atoms with E-state index in [1.54, 1.807) is 5.48 Å². The molecule has 0 heterocycles. The summed E-state index contributed by atoms with van der Waals surface area (Å²) in [4.78, 5) is 25.0. The summed E-state index contributed by atoms with van der Waals surface area (Å²) in [6, 6.07) is 0. The van der Waals surface area contributed by atoms with Crippen LogP contribution in [0, 0.1) is 5.92 Å². The van der Waals surface area contributed by atoms with E-state index < -0.39 is 30.6 Å². The summed E-state index contributed by atoms with van der Waals surface area (Å²) in [6.45, 7) is -0.0799. The van der Waals surface area contributed by atoms with Crippen molar-refractivity contribution in [2.24, 2.45) is 5.92 Å². The fourth-order valence-electron chi connectivity index (χ4n) is 0.927. The Bertz CT molecular complexity index is 254. The van der Waals surface area contributed by atoms with Gasteiger partial charge in [0.05, 0.1) is 0 Å². The van der Waals surface area contributed by atoms with E-state index in [0.29, 0.717) is 0 Å². The van der Waals surface area contributed by atoms with Gasteiger partial charge in [0.15, 0.2) is 6.61 Å². The van der Waals surface area contributed by atoms with Crippen molar-refractivity contribution >= 4 is 11.9 Å². The first-order chi connectivity index (χ1) is 7.20. The zero-order valence-corrected chi connectivity index (χ0v) is 8.50. The molecule has 0 rings (SSSR count). The Morgan fingerprint density at radius 2 is 1.94 bits per heavy atom. The van der Waals surface area contributed by atoms with Crippen LogP contribution in [0.2, 0.25) is 0 Å². The number of hydroxylamine groups is 1. The third-order valence-corrected chi connectivity index (χ3v) is 1.48. The van der Waals surface area contributed by atoms with Gasteiger partial charge in [0.2, 0.25) is 5.91 Å². The summed E-state index contributed by atoms with van der Waals surface area (Å²) in [6.07, 6.45) is -4.95. The molecule has 0 aliphatic carbocycles. The first-order valence-corrected chi connectivity index (χ1v) is 4.40. The van der Waals surface area contributed by atoms with Gasteiger partial charge in [-0.15, -0.1) is 0 Å². The van der Waals surface area contributed by atoms with E-state index in [9.17, 15) is 22.8 Å². The summed E-state index contributed by atoms with van der Waals surface area (Å²) in [5.74, 6) is -2.32. The molecule has 0 aromatic carbocycles. The molecular weight excluding hydrogens is 231 g/mol. The maximum absolute atomic E-state index is 11.6. The fourth-order valence-corrected chi connectivity index (χ4v) is 0.927. The summed E-state index contributed by atoms with van der Waals surface area (Å²) in [5, 5.41) is 8.37. The molecule has 0 saturated carbocycles. The molecule has 1 atom stereocenters. The quantitative estimate of drug-likeness (QED) is 0.685. The van der Waals surface area contributed by atoms with Gasteiger partial charge in [0.1, 0.15) is 0 Å². The Balaban J connectivity index is 3.70. The third kappa shape index (κ3) is 9.25. The lowest BCUT2D eigenvalue weighted by Gasteiger charge is -2.10. The molecule has 0 bridgehead atoms. The van der Waals surface area contributed by atoms with Gasteiger partial charge in [-0.05, 0) is 5.92 Å². The standard InChI is InChI=1S/C8H12F3NO4/c1-5(3-7(14)15)2-6(13)12-16-4-8(9,10)11/h5H,2-4H2,1H3,(H,12,13)(H,14,15). The molecule has 0 aromatic heterocycles. The number of carboxylic acid groups (broad SMARTS) is 1. The first kappa shape index (κ1) is 14.7. The molecule has 94 valence electrons. The lowest BCUT2D eigenvalue weighted by atomic mass is 10.0. The van der Waals surface area contributed by atoms with E-state index in [-0.39, 0.29) is 12.8 Å². The molecule has 2 N–H and O–H groups in total. The van der Waals surface area contributed by atoms with E-state index in [1.165, 1.54) is 6.92 Å². The number of amides is 1. The zero-order valence-electron chi connectivity index (χ0n) is 8.50. The van der Waals surface area contributed by atoms with Crippen LogP contribution >= 0.6 is 0 Å². The van der Waals surface area contributed by atoms with E-state index >= 15 is 0 Å². The van der Waals surface area contributed by atoms with Crippen LogP contribution in [0.5, 0.6) is 0 Å². The van der Waals surface area contributed by atoms with E-state index in [1.807, 2.05) is 0 Å². The number of hydrogen-bond acceptors (Lipinski definition) is 3. The maximum Gasteiger partial charge on any atom is 0.414 e. The lowest BCUT2D eigenvalue weighted by Crippen LogP contribution is -2.30. The molecule has 1 amide bonds. The van der Waals surface area contributed by atoms with Crippen LogP contribution in [0.25, 0.3) is 0 Å². The van der Waals surface area contributed by atoms with Gasteiger partial charge in [-0.3, -0.25) is 14.4 Å². The van der Waals surface area contributed by atoms with Gasteiger partial charge >= 0.3 is 12.1 Å². The highest BCUT2D eigenvalue weighted by Gasteiger charge is 2.28. The molecule has 16 heavy (non-hydrogen) atoms. The minimum absolute atomic E-state index is 0.204. The number of carboxylic acids is 1. The van der Waals surface area contributed by atoms with Crippen LogP contribution in [-0.2, 0) is 14.4 Å². The number of nitrogens with one attached hydrogen (secondary N) is 1. The van der Waals surface area contributed by atoms with E-state index in [0.717, 1.165) is 0 Å². The van der Waals surface area contributed by atoms with Crippen LogP contribution < -0.4 is 5.48 Å². The average Bonchev–Trinajstić information content (AvgIpc) is 1.98. The number of alkyl halides is 3. The molecule has 0 aliphatic rings. The maximum atomic E-state index is 11.6. The minimum Gasteiger partial charge on any atom is -0.481 e.